The van der Waals surface area contributed by atoms with Crippen molar-refractivity contribution in [2.24, 2.45) is 0 Å². The van der Waals surface area contributed by atoms with E-state index < -0.39 is 0 Å². The summed E-state index contributed by atoms with van der Waals surface area (Å²) in [5.74, 6) is 1.42. The molecule has 0 fully saturated rings. The van der Waals surface area contributed by atoms with Gasteiger partial charge in [-0.15, -0.1) is 0 Å². The van der Waals surface area contributed by atoms with E-state index in [1.54, 1.807) is 0 Å². The molecule has 0 saturated carbocycles. The molecule has 0 spiro atoms. The molecule has 0 atom stereocenters. The van der Waals surface area contributed by atoms with Crippen LogP contribution in [0.15, 0.2) is 0 Å². The molecule has 17 heavy (non-hydrogen) atoms. The Morgan fingerprint density at radius 3 is 2.59 bits per heavy atom. The van der Waals surface area contributed by atoms with E-state index in [9.17, 15) is 0 Å². The highest BCUT2D eigenvalue weighted by atomic mass is 15.4. The Morgan fingerprint density at radius 2 is 1.94 bits per heavy atom. The lowest BCUT2D eigenvalue weighted by atomic mass is 10.2. The minimum Gasteiger partial charge on any atom is -0.382 e. The Hall–Kier alpha value is -1.78. The number of pyridine rings is 1. The SMILES string of the molecule is CCCNn1c(C)nc2c(N)nc(C)c(C)c21. The minimum atomic E-state index is 0.503. The number of nitrogens with zero attached hydrogens (tertiary/aromatic N) is 3. The summed E-state index contributed by atoms with van der Waals surface area (Å²) in [6.45, 7) is 9.03. The first-order valence-electron chi connectivity index (χ1n) is 5.91. The summed E-state index contributed by atoms with van der Waals surface area (Å²) in [4.78, 5) is 8.79. The van der Waals surface area contributed by atoms with Crippen LogP contribution in [0.1, 0.15) is 30.4 Å². The molecule has 0 aliphatic rings. The average Bonchev–Trinajstić information content (AvgIpc) is 2.61. The van der Waals surface area contributed by atoms with E-state index in [1.165, 1.54) is 0 Å². The molecule has 0 aliphatic heterocycles. The number of aromatic nitrogens is 3. The molecule has 2 aromatic rings. The van der Waals surface area contributed by atoms with Crippen molar-refractivity contribution in [2.75, 3.05) is 17.7 Å². The third-order valence-corrected chi connectivity index (χ3v) is 2.99. The fourth-order valence-corrected chi connectivity index (χ4v) is 1.96. The molecule has 0 radical (unpaired) electrons. The molecule has 0 aliphatic carbocycles. The molecule has 0 aromatic carbocycles. The number of fused-ring (bicyclic) bond motifs is 1. The van der Waals surface area contributed by atoms with Crippen LogP contribution in [0.5, 0.6) is 0 Å². The summed E-state index contributed by atoms with van der Waals surface area (Å²) >= 11 is 0. The van der Waals surface area contributed by atoms with Gasteiger partial charge in [0.2, 0.25) is 0 Å². The normalized spacial score (nSPS) is 11.1. The van der Waals surface area contributed by atoms with Crippen molar-refractivity contribution in [2.45, 2.75) is 34.1 Å². The highest BCUT2D eigenvalue weighted by Gasteiger charge is 2.14. The Morgan fingerprint density at radius 1 is 1.24 bits per heavy atom. The summed E-state index contributed by atoms with van der Waals surface area (Å²) in [5, 5.41) is 0. The number of nitrogens with two attached hydrogens (primary N) is 1. The summed E-state index contributed by atoms with van der Waals surface area (Å²) in [7, 11) is 0. The summed E-state index contributed by atoms with van der Waals surface area (Å²) in [6, 6.07) is 0. The molecule has 5 heteroatoms. The Kier molecular flexibility index (Phi) is 2.92. The van der Waals surface area contributed by atoms with Gasteiger partial charge in [-0.2, -0.15) is 0 Å². The number of aryl methyl sites for hydroxylation is 3. The highest BCUT2D eigenvalue weighted by molar-refractivity contribution is 5.88. The maximum atomic E-state index is 5.92. The second kappa shape index (κ2) is 4.24. The molecule has 2 rings (SSSR count). The van der Waals surface area contributed by atoms with E-state index in [1.807, 2.05) is 18.5 Å². The first-order valence-corrected chi connectivity index (χ1v) is 5.91. The predicted molar refractivity (Wildman–Crippen MR) is 70.7 cm³/mol. The van der Waals surface area contributed by atoms with E-state index in [4.69, 9.17) is 5.73 Å². The van der Waals surface area contributed by atoms with Crippen LogP contribution < -0.4 is 11.2 Å². The summed E-state index contributed by atoms with van der Waals surface area (Å²) in [5.41, 5.74) is 13.2. The summed E-state index contributed by atoms with van der Waals surface area (Å²) < 4.78 is 2.01. The smallest absolute Gasteiger partial charge is 0.151 e. The topological polar surface area (TPSA) is 68.8 Å². The van der Waals surface area contributed by atoms with Crippen LogP contribution >= 0.6 is 0 Å². The Balaban J connectivity index is 2.70. The van der Waals surface area contributed by atoms with Crippen molar-refractivity contribution in [3.05, 3.63) is 17.1 Å². The minimum absolute atomic E-state index is 0.503. The van der Waals surface area contributed by atoms with Crippen molar-refractivity contribution >= 4 is 16.9 Å². The van der Waals surface area contributed by atoms with E-state index in [0.717, 1.165) is 41.1 Å². The van der Waals surface area contributed by atoms with Gasteiger partial charge in [0, 0.05) is 12.2 Å². The summed E-state index contributed by atoms with van der Waals surface area (Å²) in [6.07, 6.45) is 1.07. The van der Waals surface area contributed by atoms with Crippen LogP contribution in [-0.4, -0.2) is 21.2 Å². The van der Waals surface area contributed by atoms with Gasteiger partial charge in [-0.1, -0.05) is 6.92 Å². The zero-order valence-corrected chi connectivity index (χ0v) is 10.8. The molecule has 0 saturated heterocycles. The number of nitrogen functional groups attached to an aromatic ring is 1. The van der Waals surface area contributed by atoms with Crippen molar-refractivity contribution in [1.82, 2.24) is 14.6 Å². The third kappa shape index (κ3) is 1.81. The fourth-order valence-electron chi connectivity index (χ4n) is 1.96. The lowest BCUT2D eigenvalue weighted by Gasteiger charge is -2.11. The molecule has 5 nitrogen and oxygen atoms in total. The van der Waals surface area contributed by atoms with Gasteiger partial charge in [-0.25, -0.2) is 14.6 Å². The highest BCUT2D eigenvalue weighted by Crippen LogP contribution is 2.24. The average molecular weight is 233 g/mol. The molecule has 0 unspecified atom stereocenters. The van der Waals surface area contributed by atoms with Gasteiger partial charge in [0.05, 0.1) is 5.52 Å². The number of nitrogens with one attached hydrogen (secondary N) is 1. The Labute approximate surface area is 101 Å². The largest absolute Gasteiger partial charge is 0.382 e. The van der Waals surface area contributed by atoms with E-state index in [-0.39, 0.29) is 0 Å². The molecule has 0 bridgehead atoms. The van der Waals surface area contributed by atoms with Crippen molar-refractivity contribution < 1.29 is 0 Å². The van der Waals surface area contributed by atoms with Crippen LogP contribution in [0, 0.1) is 20.8 Å². The standard InChI is InChI=1S/C12H19N5/c1-5-6-14-17-9(4)16-10-11(17)7(2)8(3)15-12(10)13/h14H,5-6H2,1-4H3,(H2,13,15). The molecular weight excluding hydrogens is 214 g/mol. The zero-order valence-electron chi connectivity index (χ0n) is 10.8. The number of imidazole rings is 1. The maximum Gasteiger partial charge on any atom is 0.151 e. The second-order valence-corrected chi connectivity index (χ2v) is 4.31. The number of hydrogen-bond acceptors (Lipinski definition) is 4. The lowest BCUT2D eigenvalue weighted by molar-refractivity contribution is 0.796. The zero-order chi connectivity index (χ0) is 12.6. The number of rotatable bonds is 3. The Bertz CT molecular complexity index is 556. The predicted octanol–water partition coefficient (Wildman–Crippen LogP) is 1.89. The van der Waals surface area contributed by atoms with Gasteiger partial charge < -0.3 is 11.2 Å². The van der Waals surface area contributed by atoms with Gasteiger partial charge >= 0.3 is 0 Å². The lowest BCUT2D eigenvalue weighted by Crippen LogP contribution is -2.17. The quantitative estimate of drug-likeness (QED) is 0.849. The van der Waals surface area contributed by atoms with Crippen molar-refractivity contribution in [3.8, 4) is 0 Å². The number of anilines is 1. The first-order chi connectivity index (χ1) is 8.06. The molecule has 92 valence electrons. The molecule has 3 N–H and O–H groups in total. The fraction of sp³-hybridized carbons (Fsp3) is 0.500. The number of hydrogen-bond donors (Lipinski definition) is 2. The van der Waals surface area contributed by atoms with E-state index in [0.29, 0.717) is 5.82 Å². The van der Waals surface area contributed by atoms with Gasteiger partial charge in [-0.3, -0.25) is 0 Å². The van der Waals surface area contributed by atoms with Crippen LogP contribution in [-0.2, 0) is 0 Å². The molecular formula is C12H19N5. The van der Waals surface area contributed by atoms with Gasteiger partial charge in [0.1, 0.15) is 11.3 Å². The third-order valence-electron chi connectivity index (χ3n) is 2.99. The maximum absolute atomic E-state index is 5.92. The molecule has 2 heterocycles. The second-order valence-electron chi connectivity index (χ2n) is 4.31. The van der Waals surface area contributed by atoms with Gasteiger partial charge in [0.25, 0.3) is 0 Å². The van der Waals surface area contributed by atoms with Crippen LogP contribution in [0.4, 0.5) is 5.82 Å². The molecule has 0 amide bonds. The van der Waals surface area contributed by atoms with Gasteiger partial charge in [-0.05, 0) is 32.8 Å². The van der Waals surface area contributed by atoms with E-state index in [2.05, 4.69) is 29.2 Å². The van der Waals surface area contributed by atoms with Crippen LogP contribution in [0.2, 0.25) is 0 Å². The molecule has 2 aromatic heterocycles. The van der Waals surface area contributed by atoms with Crippen LogP contribution in [0.3, 0.4) is 0 Å². The monoisotopic (exact) mass is 233 g/mol. The van der Waals surface area contributed by atoms with Crippen LogP contribution in [0.25, 0.3) is 11.0 Å². The van der Waals surface area contributed by atoms with Crippen molar-refractivity contribution in [1.29, 1.82) is 0 Å². The van der Waals surface area contributed by atoms with E-state index >= 15 is 0 Å². The van der Waals surface area contributed by atoms with Crippen molar-refractivity contribution in [3.63, 3.8) is 0 Å². The first kappa shape index (κ1) is 11.7. The van der Waals surface area contributed by atoms with Gasteiger partial charge in [0.15, 0.2) is 5.82 Å².